The number of fused-ring (bicyclic) bond motifs is 4. The van der Waals surface area contributed by atoms with Gasteiger partial charge in [-0.25, -0.2) is 9.97 Å². The lowest BCUT2D eigenvalue weighted by atomic mass is 9.72. The van der Waals surface area contributed by atoms with Crippen LogP contribution in [0.1, 0.15) is 67.8 Å². The Morgan fingerprint density at radius 3 is 2.60 bits per heavy atom. The van der Waals surface area contributed by atoms with Crippen LogP contribution in [-0.4, -0.2) is 51.4 Å². The van der Waals surface area contributed by atoms with Gasteiger partial charge in [-0.3, -0.25) is 9.59 Å². The normalized spacial score (nSPS) is 23.4. The number of halogens is 3. The van der Waals surface area contributed by atoms with Gasteiger partial charge in [-0.2, -0.15) is 13.2 Å². The topological polar surface area (TPSA) is 152 Å². The number of amides is 2. The molecule has 5 heterocycles. The number of aromatic nitrogens is 2. The Kier molecular flexibility index (Phi) is 7.53. The molecule has 2 amide bonds. The minimum atomic E-state index is -4.52. The molecular weight excluding hydrogens is 631 g/mol. The van der Waals surface area contributed by atoms with Gasteiger partial charge in [0, 0.05) is 17.7 Å². The number of hydrogen-bond acceptors (Lipinski definition) is 9. The molecule has 0 fully saturated rings. The van der Waals surface area contributed by atoms with Crippen LogP contribution in [0.4, 0.5) is 18.9 Å². The maximum Gasteiger partial charge on any atom is 0.394 e. The van der Waals surface area contributed by atoms with E-state index in [2.05, 4.69) is 20.9 Å². The molecule has 5 atom stereocenters. The van der Waals surface area contributed by atoms with Crippen molar-refractivity contribution in [1.29, 1.82) is 0 Å². The minimum Gasteiger partial charge on any atom is -0.469 e. The van der Waals surface area contributed by atoms with Gasteiger partial charge in [-0.15, -0.1) is 0 Å². The second-order valence-corrected chi connectivity index (χ2v) is 13.2. The van der Waals surface area contributed by atoms with Crippen molar-refractivity contribution in [2.45, 2.75) is 76.5 Å². The van der Waals surface area contributed by atoms with Gasteiger partial charge in [0.15, 0.2) is 17.7 Å². The Bertz CT molecular complexity index is 1900. The third-order valence-corrected chi connectivity index (χ3v) is 9.09. The van der Waals surface area contributed by atoms with Gasteiger partial charge in [0.05, 0.1) is 12.1 Å². The molecule has 48 heavy (non-hydrogen) atoms. The first kappa shape index (κ1) is 31.7. The van der Waals surface area contributed by atoms with Crippen LogP contribution in [0.25, 0.3) is 11.6 Å². The highest BCUT2D eigenvalue weighted by Crippen LogP contribution is 2.59. The third kappa shape index (κ3) is 5.18. The summed E-state index contributed by atoms with van der Waals surface area (Å²) in [6.45, 7) is 7.08. The first-order chi connectivity index (χ1) is 22.8. The number of nitrogens with one attached hydrogen (secondary N) is 3. The second kappa shape index (κ2) is 11.4. The van der Waals surface area contributed by atoms with E-state index in [1.807, 2.05) is 44.2 Å². The van der Waals surface area contributed by atoms with E-state index in [-0.39, 0.29) is 47.2 Å². The first-order valence-electron chi connectivity index (χ1n) is 15.7. The van der Waals surface area contributed by atoms with Crippen LogP contribution in [0.3, 0.4) is 0 Å². The minimum absolute atomic E-state index is 0.0628. The molecular formula is C34H34F3N5O6. The predicted molar refractivity (Wildman–Crippen MR) is 165 cm³/mol. The smallest absolute Gasteiger partial charge is 0.394 e. The molecule has 11 nitrogen and oxygen atoms in total. The molecule has 4 bridgehead atoms. The number of carbonyl (C=O) groups excluding carboxylic acids is 2. The first-order valence-corrected chi connectivity index (χ1v) is 15.7. The number of para-hydroxylation sites is 1. The van der Waals surface area contributed by atoms with Crippen LogP contribution in [0.5, 0.6) is 5.75 Å². The van der Waals surface area contributed by atoms with Gasteiger partial charge < -0.3 is 34.6 Å². The van der Waals surface area contributed by atoms with Gasteiger partial charge in [0.1, 0.15) is 35.6 Å². The van der Waals surface area contributed by atoms with Crippen molar-refractivity contribution in [3.63, 3.8) is 0 Å². The standard InChI is InChI=1S/C34H34F3N5O6/c1-15(2)24-31-42-25(30-38-18(14-46-30)13-33(35,36)37)27(48-31)34-19-7-5-6-8-21(19)40-32(34)47-23-10-9-17(11-20(23)34)12-22(28(44)41-24)39-29(45)26(43)16(3)4/h5-11,14-16,22,24,26,32,40,43H,12-13H2,1-4H3,(H,39,45)(H,41,44)/t22-,24-,26-,32?,34?/m0/s1. The predicted octanol–water partition coefficient (Wildman–Crippen LogP) is 4.78. The summed E-state index contributed by atoms with van der Waals surface area (Å²) in [5.41, 5.74) is 1.37. The van der Waals surface area contributed by atoms with Gasteiger partial charge in [0.25, 0.3) is 0 Å². The van der Waals surface area contributed by atoms with Gasteiger partial charge in [-0.1, -0.05) is 58.0 Å². The summed E-state index contributed by atoms with van der Waals surface area (Å²) in [4.78, 5) is 35.9. The average Bonchev–Trinajstić information content (AvgIpc) is 3.78. The number of aliphatic hydroxyl groups excluding tert-OH is 1. The zero-order valence-electron chi connectivity index (χ0n) is 26.5. The van der Waals surface area contributed by atoms with Crippen molar-refractivity contribution in [1.82, 2.24) is 20.6 Å². The number of nitrogens with zero attached hydrogens (tertiary/aromatic N) is 2. The number of hydrogen-bond donors (Lipinski definition) is 4. The van der Waals surface area contributed by atoms with Crippen LogP contribution in [0.15, 0.2) is 57.6 Å². The van der Waals surface area contributed by atoms with E-state index in [1.54, 1.807) is 26.0 Å². The maximum atomic E-state index is 13.9. The van der Waals surface area contributed by atoms with Crippen LogP contribution >= 0.6 is 0 Å². The molecule has 14 heteroatoms. The van der Waals surface area contributed by atoms with Crippen LogP contribution in [0, 0.1) is 11.8 Å². The van der Waals surface area contributed by atoms with Crippen molar-refractivity contribution in [3.05, 3.63) is 82.8 Å². The molecule has 3 aliphatic heterocycles. The zero-order valence-corrected chi connectivity index (χ0v) is 26.5. The molecule has 1 spiro atoms. The number of aliphatic hydroxyl groups is 1. The number of anilines is 1. The fraction of sp³-hybridized carbons (Fsp3) is 0.412. The van der Waals surface area contributed by atoms with Crippen molar-refractivity contribution in [3.8, 4) is 17.3 Å². The molecule has 252 valence electrons. The quantitative estimate of drug-likeness (QED) is 0.228. The van der Waals surface area contributed by atoms with Gasteiger partial charge in [0.2, 0.25) is 23.6 Å². The number of benzene rings is 2. The lowest BCUT2D eigenvalue weighted by Crippen LogP contribution is -2.52. The summed E-state index contributed by atoms with van der Waals surface area (Å²) in [7, 11) is 0. The lowest BCUT2D eigenvalue weighted by molar-refractivity contribution is -0.136. The van der Waals surface area contributed by atoms with Gasteiger partial charge in [-0.05, 0) is 35.1 Å². The Morgan fingerprint density at radius 2 is 1.88 bits per heavy atom. The number of carbonyl (C=O) groups is 2. The SMILES string of the molecule is CC(C)[C@H](O)C(=O)N[C@H]1Cc2ccc3c(c2)C2(c4ccccc4NC2O3)c2oc(nc2-c2nc(CC(F)(F)F)co2)[C@H](C(C)C)NC1=O. The Hall–Kier alpha value is -4.85. The zero-order chi connectivity index (χ0) is 34.1. The molecule has 0 saturated heterocycles. The summed E-state index contributed by atoms with van der Waals surface area (Å²) < 4.78 is 58.7. The van der Waals surface area contributed by atoms with E-state index < -0.39 is 54.2 Å². The molecule has 4 aromatic rings. The van der Waals surface area contributed by atoms with E-state index in [9.17, 15) is 27.9 Å². The van der Waals surface area contributed by atoms with Gasteiger partial charge >= 0.3 is 6.18 Å². The highest BCUT2D eigenvalue weighted by atomic mass is 19.4. The van der Waals surface area contributed by atoms with E-state index >= 15 is 0 Å². The van der Waals surface area contributed by atoms with Crippen LogP contribution in [-0.2, 0) is 27.8 Å². The summed E-state index contributed by atoms with van der Waals surface area (Å²) >= 11 is 0. The van der Waals surface area contributed by atoms with Crippen LogP contribution in [0.2, 0.25) is 0 Å². The summed E-state index contributed by atoms with van der Waals surface area (Å²) in [5, 5.41) is 19.6. The van der Waals surface area contributed by atoms with Crippen molar-refractivity contribution in [2.24, 2.45) is 11.8 Å². The Morgan fingerprint density at radius 1 is 1.10 bits per heavy atom. The molecule has 0 saturated carbocycles. The Balaban J connectivity index is 1.46. The molecule has 3 aliphatic rings. The largest absolute Gasteiger partial charge is 0.469 e. The molecule has 2 aromatic carbocycles. The summed E-state index contributed by atoms with van der Waals surface area (Å²) in [6, 6.07) is 11.0. The fourth-order valence-electron chi connectivity index (χ4n) is 6.71. The highest BCUT2D eigenvalue weighted by Gasteiger charge is 2.61. The van der Waals surface area contributed by atoms with E-state index in [0.717, 1.165) is 17.5 Å². The Labute approximate surface area is 273 Å². The third-order valence-electron chi connectivity index (χ3n) is 9.09. The average molecular weight is 666 g/mol. The lowest BCUT2D eigenvalue weighted by Gasteiger charge is -2.29. The van der Waals surface area contributed by atoms with Crippen LogP contribution < -0.4 is 20.7 Å². The maximum absolute atomic E-state index is 13.9. The summed E-state index contributed by atoms with van der Waals surface area (Å²) in [6.07, 6.45) is -6.88. The molecule has 7 rings (SSSR count). The highest BCUT2D eigenvalue weighted by molar-refractivity contribution is 5.90. The number of ether oxygens (including phenoxy) is 1. The number of alkyl halides is 3. The van der Waals surface area contributed by atoms with Crippen molar-refractivity contribution < 1.29 is 41.4 Å². The fourth-order valence-corrected chi connectivity index (χ4v) is 6.71. The van der Waals surface area contributed by atoms with E-state index in [0.29, 0.717) is 16.9 Å². The summed E-state index contributed by atoms with van der Waals surface area (Å²) in [5.74, 6) is -1.29. The van der Waals surface area contributed by atoms with E-state index in [4.69, 9.17) is 18.6 Å². The molecule has 0 aliphatic carbocycles. The second-order valence-electron chi connectivity index (χ2n) is 13.2. The molecule has 0 radical (unpaired) electrons. The molecule has 2 aromatic heterocycles. The molecule has 2 unspecified atom stereocenters. The number of rotatable bonds is 6. The number of oxazole rings is 2. The van der Waals surface area contributed by atoms with Crippen molar-refractivity contribution >= 4 is 17.5 Å². The molecule has 4 N–H and O–H groups in total. The van der Waals surface area contributed by atoms with Crippen molar-refractivity contribution in [2.75, 3.05) is 5.32 Å². The monoisotopic (exact) mass is 665 g/mol. The van der Waals surface area contributed by atoms with E-state index in [1.165, 1.54) is 0 Å².